The Morgan fingerprint density at radius 1 is 0.816 bits per heavy atom. The highest BCUT2D eigenvalue weighted by atomic mass is 32.2. The maximum absolute atomic E-state index is 14.3. The smallest absolute Gasteiger partial charge is 0.330 e. The number of hydrogen-bond acceptors (Lipinski definition) is 8. The van der Waals surface area contributed by atoms with Crippen LogP contribution in [0.4, 0.5) is 5.69 Å². The van der Waals surface area contributed by atoms with Gasteiger partial charge in [0.1, 0.15) is 18.5 Å². The van der Waals surface area contributed by atoms with Gasteiger partial charge in [0.05, 0.1) is 16.9 Å². The number of sulfone groups is 1. The number of nitrogen functional groups attached to an aromatic ring is 1. The highest BCUT2D eigenvalue weighted by Gasteiger charge is 2.34. The Bertz CT molecular complexity index is 2040. The molecule has 250 valence electrons. The van der Waals surface area contributed by atoms with Crippen LogP contribution >= 0.6 is 0 Å². The molecule has 6 N–H and O–H groups in total. The minimum Gasteiger partial charge on any atom is -0.493 e. The minimum atomic E-state index is -4.30. The molecule has 5 rings (SSSR count). The first-order valence-corrected chi connectivity index (χ1v) is 16.5. The molecule has 0 bridgehead atoms. The summed E-state index contributed by atoms with van der Waals surface area (Å²) in [6.07, 6.45) is 0. The molecule has 0 fully saturated rings. The van der Waals surface area contributed by atoms with Gasteiger partial charge in [-0.15, -0.1) is 0 Å². The number of amidine groups is 1. The van der Waals surface area contributed by atoms with Crippen molar-refractivity contribution in [2.24, 2.45) is 5.73 Å². The molecule has 0 radical (unpaired) electrons. The van der Waals surface area contributed by atoms with E-state index < -0.39 is 33.8 Å². The fourth-order valence-corrected chi connectivity index (χ4v) is 6.62. The lowest BCUT2D eigenvalue weighted by molar-refractivity contribution is -0.142. The number of carbonyl (C=O) groups excluding carboxylic acids is 1. The Hall–Kier alpha value is -6.14. The summed E-state index contributed by atoms with van der Waals surface area (Å²) < 4.78 is 40.4. The summed E-state index contributed by atoms with van der Waals surface area (Å²) in [7, 11) is -2.91. The number of methoxy groups -OCH3 is 1. The van der Waals surface area contributed by atoms with Gasteiger partial charge in [0.15, 0.2) is 17.5 Å². The Morgan fingerprint density at radius 3 is 1.98 bits per heavy atom. The molecule has 0 aliphatic carbocycles. The molecule has 49 heavy (non-hydrogen) atoms. The number of carboxylic acids is 1. The molecule has 11 nitrogen and oxygen atoms in total. The molecule has 0 aliphatic heterocycles. The van der Waals surface area contributed by atoms with Crippen LogP contribution in [0.2, 0.25) is 0 Å². The van der Waals surface area contributed by atoms with Crippen molar-refractivity contribution in [2.45, 2.75) is 28.5 Å². The molecule has 2 atom stereocenters. The number of nitrogens with one attached hydrogen (secondary N) is 3. The number of benzene rings is 5. The van der Waals surface area contributed by atoms with E-state index in [2.05, 4.69) is 10.6 Å². The van der Waals surface area contributed by atoms with Crippen LogP contribution in [-0.2, 0) is 26.0 Å². The average Bonchev–Trinajstić information content (AvgIpc) is 3.12. The maximum atomic E-state index is 14.3. The Balaban J connectivity index is 1.67. The van der Waals surface area contributed by atoms with E-state index in [1.165, 1.54) is 31.4 Å². The third kappa shape index (κ3) is 8.06. The van der Waals surface area contributed by atoms with Crippen molar-refractivity contribution in [1.29, 1.82) is 5.41 Å². The van der Waals surface area contributed by atoms with E-state index in [9.17, 15) is 23.1 Å². The summed E-state index contributed by atoms with van der Waals surface area (Å²) in [5, 5.41) is 23.5. The SMILES string of the molecule is COc1cc([C@@H](Nc2ccc(C(=N)N)cc2)C(=O)N[C@H](C(=O)O)c2ccccc2)c(S(=O)(=O)c2ccccc2)cc1OCc1ccccc1. The maximum Gasteiger partial charge on any atom is 0.330 e. The first-order valence-electron chi connectivity index (χ1n) is 15.1. The monoisotopic (exact) mass is 678 g/mol. The van der Waals surface area contributed by atoms with Crippen LogP contribution in [0.3, 0.4) is 0 Å². The number of aliphatic carboxylic acids is 1. The molecule has 0 aromatic heterocycles. The van der Waals surface area contributed by atoms with Crippen LogP contribution in [0.15, 0.2) is 137 Å². The first kappa shape index (κ1) is 34.2. The minimum absolute atomic E-state index is 0.0295. The zero-order valence-corrected chi connectivity index (χ0v) is 27.2. The van der Waals surface area contributed by atoms with Crippen LogP contribution in [0.5, 0.6) is 11.5 Å². The quantitative estimate of drug-likeness (QED) is 0.0750. The second-order valence-electron chi connectivity index (χ2n) is 10.9. The molecule has 0 aliphatic rings. The fourth-order valence-electron chi connectivity index (χ4n) is 5.11. The number of anilines is 1. The zero-order chi connectivity index (χ0) is 35.0. The molecule has 1 amide bonds. The molecule has 0 unspecified atom stereocenters. The van der Waals surface area contributed by atoms with Crippen molar-refractivity contribution in [1.82, 2.24) is 5.32 Å². The van der Waals surface area contributed by atoms with E-state index in [0.29, 0.717) is 16.8 Å². The van der Waals surface area contributed by atoms with E-state index in [1.807, 2.05) is 30.3 Å². The Morgan fingerprint density at radius 2 is 1.41 bits per heavy atom. The highest BCUT2D eigenvalue weighted by molar-refractivity contribution is 7.91. The summed E-state index contributed by atoms with van der Waals surface area (Å²) in [5.74, 6) is -2.07. The second-order valence-corrected chi connectivity index (χ2v) is 12.8. The van der Waals surface area contributed by atoms with E-state index in [4.69, 9.17) is 20.6 Å². The molecule has 5 aromatic carbocycles. The van der Waals surface area contributed by atoms with Gasteiger partial charge in [0.2, 0.25) is 15.7 Å². The third-order valence-corrected chi connectivity index (χ3v) is 9.45. The molecule has 12 heteroatoms. The predicted molar refractivity (Wildman–Crippen MR) is 184 cm³/mol. The molecule has 0 spiro atoms. The number of amides is 1. The van der Waals surface area contributed by atoms with Gasteiger partial charge in [-0.1, -0.05) is 78.9 Å². The zero-order valence-electron chi connectivity index (χ0n) is 26.4. The number of carbonyl (C=O) groups is 2. The van der Waals surface area contributed by atoms with Crippen molar-refractivity contribution in [3.05, 3.63) is 150 Å². The third-order valence-electron chi connectivity index (χ3n) is 7.62. The van der Waals surface area contributed by atoms with E-state index in [0.717, 1.165) is 5.56 Å². The number of rotatable bonds is 14. The standard InChI is InChI=1S/C37H34N4O7S/c1-47-30-21-29(32(49(45,46)28-15-9-4-10-16-28)22-31(30)48-23-24-11-5-2-6-12-24)34(40-27-19-17-26(18-20-27)35(38)39)36(42)41-33(37(43)44)25-13-7-3-8-14-25/h2-22,33-34,40H,23H2,1H3,(H3,38,39)(H,41,42)(H,43,44)/t33-,34+/m0/s1. The van der Waals surface area contributed by atoms with Gasteiger partial charge in [-0.05, 0) is 53.6 Å². The van der Waals surface area contributed by atoms with Crippen LogP contribution in [0.25, 0.3) is 0 Å². The van der Waals surface area contributed by atoms with E-state index in [1.54, 1.807) is 72.8 Å². The van der Waals surface area contributed by atoms with E-state index in [-0.39, 0.29) is 39.3 Å². The fraction of sp³-hybridized carbons (Fsp3) is 0.108. The Kier molecular flexibility index (Phi) is 10.6. The summed E-state index contributed by atoms with van der Waals surface area (Å²) in [4.78, 5) is 26.4. The van der Waals surface area contributed by atoms with Gasteiger partial charge in [-0.25, -0.2) is 13.2 Å². The summed E-state index contributed by atoms with van der Waals surface area (Å²) in [5.41, 5.74) is 7.53. The lowest BCUT2D eigenvalue weighted by Gasteiger charge is -2.26. The molecular weight excluding hydrogens is 644 g/mol. The largest absolute Gasteiger partial charge is 0.493 e. The first-order chi connectivity index (χ1) is 23.6. The summed E-state index contributed by atoms with van der Waals surface area (Å²) >= 11 is 0. The van der Waals surface area contributed by atoms with Gasteiger partial charge in [-0.3, -0.25) is 10.2 Å². The van der Waals surface area contributed by atoms with Gasteiger partial charge in [0.25, 0.3) is 0 Å². The molecule has 0 saturated carbocycles. The van der Waals surface area contributed by atoms with Crippen LogP contribution in [-0.4, -0.2) is 38.3 Å². The van der Waals surface area contributed by atoms with Crippen molar-refractivity contribution in [2.75, 3.05) is 12.4 Å². The number of ether oxygens (including phenoxy) is 2. The van der Waals surface area contributed by atoms with E-state index >= 15 is 0 Å². The van der Waals surface area contributed by atoms with Gasteiger partial charge >= 0.3 is 5.97 Å². The van der Waals surface area contributed by atoms with Gasteiger partial charge in [-0.2, -0.15) is 0 Å². The van der Waals surface area contributed by atoms with Crippen LogP contribution < -0.4 is 25.8 Å². The number of carboxylic acid groups (broad SMARTS) is 1. The lowest BCUT2D eigenvalue weighted by Crippen LogP contribution is -2.39. The van der Waals surface area contributed by atoms with Crippen LogP contribution in [0, 0.1) is 5.41 Å². The molecule has 5 aromatic rings. The summed E-state index contributed by atoms with van der Waals surface area (Å²) in [6.45, 7) is 0.101. The van der Waals surface area contributed by atoms with Crippen molar-refractivity contribution < 1.29 is 32.6 Å². The van der Waals surface area contributed by atoms with Crippen molar-refractivity contribution in [3.63, 3.8) is 0 Å². The van der Waals surface area contributed by atoms with Crippen molar-refractivity contribution >= 4 is 33.2 Å². The molecular formula is C37H34N4O7S. The topological polar surface area (TPSA) is 181 Å². The Labute approximate surface area is 283 Å². The number of nitrogens with two attached hydrogens (primary N) is 1. The highest BCUT2D eigenvalue weighted by Crippen LogP contribution is 2.39. The van der Waals surface area contributed by atoms with Crippen molar-refractivity contribution in [3.8, 4) is 11.5 Å². The molecule has 0 saturated heterocycles. The predicted octanol–water partition coefficient (Wildman–Crippen LogP) is 5.49. The molecule has 0 heterocycles. The summed E-state index contributed by atoms with van der Waals surface area (Å²) in [6, 6.07) is 31.2. The van der Waals surface area contributed by atoms with Crippen LogP contribution in [0.1, 0.15) is 34.3 Å². The van der Waals surface area contributed by atoms with Gasteiger partial charge < -0.3 is 30.9 Å². The normalized spacial score (nSPS) is 12.3. The average molecular weight is 679 g/mol. The number of hydrogen-bond donors (Lipinski definition) is 5. The second kappa shape index (κ2) is 15.2. The lowest BCUT2D eigenvalue weighted by atomic mass is 10.0. The van der Waals surface area contributed by atoms with Gasteiger partial charge in [0, 0.05) is 22.9 Å².